The minimum Gasteiger partial charge on any atom is -0.480 e. The van der Waals surface area contributed by atoms with E-state index in [-0.39, 0.29) is 12.5 Å². The highest BCUT2D eigenvalue weighted by molar-refractivity contribution is 5.86. The van der Waals surface area contributed by atoms with Crippen LogP contribution in [0.1, 0.15) is 27.7 Å². The van der Waals surface area contributed by atoms with Gasteiger partial charge in [-0.15, -0.1) is 0 Å². The number of nitrogens with one attached hydrogen (secondary N) is 3. The summed E-state index contributed by atoms with van der Waals surface area (Å²) in [5.74, 6) is -1.44. The third-order valence-corrected chi connectivity index (χ3v) is 2.17. The maximum Gasteiger partial charge on any atom is 0.326 e. The summed E-state index contributed by atoms with van der Waals surface area (Å²) in [5, 5.41) is 16.1. The Hall–Kier alpha value is -1.79. The Morgan fingerprint density at radius 2 is 1.72 bits per heavy atom. The molecule has 0 aromatic heterocycles. The topological polar surface area (TPSA) is 108 Å². The summed E-state index contributed by atoms with van der Waals surface area (Å²) < 4.78 is 0. The average molecular weight is 259 g/mol. The monoisotopic (exact) mass is 259 g/mol. The molecule has 3 amide bonds. The van der Waals surface area contributed by atoms with Crippen LogP contribution in [-0.4, -0.2) is 42.1 Å². The Labute approximate surface area is 106 Å². The zero-order chi connectivity index (χ0) is 14.3. The molecule has 0 bridgehead atoms. The van der Waals surface area contributed by atoms with Gasteiger partial charge < -0.3 is 21.1 Å². The molecule has 0 heterocycles. The molecule has 7 nitrogen and oxygen atoms in total. The van der Waals surface area contributed by atoms with Gasteiger partial charge in [-0.25, -0.2) is 9.59 Å². The van der Waals surface area contributed by atoms with Crippen molar-refractivity contribution in [2.45, 2.75) is 33.7 Å². The lowest BCUT2D eigenvalue weighted by atomic mass is 9.87. The van der Waals surface area contributed by atoms with E-state index in [2.05, 4.69) is 16.0 Å². The van der Waals surface area contributed by atoms with Gasteiger partial charge in [0.15, 0.2) is 0 Å². The number of hydrogen-bond donors (Lipinski definition) is 4. The molecule has 0 aliphatic carbocycles. The molecular weight excluding hydrogens is 238 g/mol. The number of carbonyl (C=O) groups is 3. The van der Waals surface area contributed by atoms with Crippen LogP contribution in [-0.2, 0) is 9.59 Å². The number of carboxylic acids is 1. The highest BCUT2D eigenvalue weighted by Gasteiger charge is 2.32. The number of carbonyl (C=O) groups excluding carboxylic acids is 2. The summed E-state index contributed by atoms with van der Waals surface area (Å²) in [6.07, 6.45) is 0. The Morgan fingerprint density at radius 3 is 2.11 bits per heavy atom. The third-order valence-electron chi connectivity index (χ3n) is 2.17. The van der Waals surface area contributed by atoms with Gasteiger partial charge in [-0.1, -0.05) is 20.8 Å². The lowest BCUT2D eigenvalue weighted by molar-refractivity contribution is -0.141. The molecular formula is C11H21N3O4. The zero-order valence-corrected chi connectivity index (χ0v) is 11.2. The first-order valence-electron chi connectivity index (χ1n) is 5.72. The van der Waals surface area contributed by atoms with E-state index < -0.39 is 23.5 Å². The predicted octanol–water partition coefficient (Wildman–Crippen LogP) is -0.0790. The van der Waals surface area contributed by atoms with Crippen LogP contribution in [0.25, 0.3) is 0 Å². The van der Waals surface area contributed by atoms with Crippen LogP contribution in [0.5, 0.6) is 0 Å². The third kappa shape index (κ3) is 6.07. The molecule has 0 aromatic rings. The number of likely N-dealkylation sites (N-methyl/N-ethyl adjacent to an activating group) is 1. The van der Waals surface area contributed by atoms with Crippen LogP contribution in [0.2, 0.25) is 0 Å². The number of aliphatic carboxylic acids is 1. The van der Waals surface area contributed by atoms with Crippen molar-refractivity contribution in [3.8, 4) is 0 Å². The highest BCUT2D eigenvalue weighted by atomic mass is 16.4. The van der Waals surface area contributed by atoms with Crippen molar-refractivity contribution in [1.82, 2.24) is 16.0 Å². The van der Waals surface area contributed by atoms with E-state index in [0.717, 1.165) is 0 Å². The fourth-order valence-electron chi connectivity index (χ4n) is 1.25. The first-order valence-corrected chi connectivity index (χ1v) is 5.72. The smallest absolute Gasteiger partial charge is 0.326 e. The molecule has 7 heteroatoms. The van der Waals surface area contributed by atoms with Crippen molar-refractivity contribution < 1.29 is 19.5 Å². The van der Waals surface area contributed by atoms with Crippen LogP contribution in [0.15, 0.2) is 0 Å². The Morgan fingerprint density at radius 1 is 1.17 bits per heavy atom. The van der Waals surface area contributed by atoms with Gasteiger partial charge in [-0.2, -0.15) is 0 Å². The minimum atomic E-state index is -1.12. The van der Waals surface area contributed by atoms with E-state index >= 15 is 0 Å². The van der Waals surface area contributed by atoms with Crippen molar-refractivity contribution in [3.05, 3.63) is 0 Å². The van der Waals surface area contributed by atoms with E-state index in [0.29, 0.717) is 6.54 Å². The standard InChI is InChI=1S/C11H21N3O4/c1-5-12-7(15)6-13-10(18)14-8(9(16)17)11(2,3)4/h8H,5-6H2,1-4H3,(H,12,15)(H,16,17)(H2,13,14,18)/t8-/m1/s1. The van der Waals surface area contributed by atoms with Gasteiger partial charge in [-0.3, -0.25) is 4.79 Å². The van der Waals surface area contributed by atoms with E-state index in [1.165, 1.54) is 0 Å². The quantitative estimate of drug-likeness (QED) is 0.554. The molecule has 0 fully saturated rings. The average Bonchev–Trinajstić information content (AvgIpc) is 2.21. The van der Waals surface area contributed by atoms with Gasteiger partial charge >= 0.3 is 12.0 Å². The highest BCUT2D eigenvalue weighted by Crippen LogP contribution is 2.19. The van der Waals surface area contributed by atoms with E-state index in [4.69, 9.17) is 5.11 Å². The summed E-state index contributed by atoms with van der Waals surface area (Å²) in [7, 11) is 0. The SMILES string of the molecule is CCNC(=O)CNC(=O)N[C@H](C(=O)O)C(C)(C)C. The zero-order valence-electron chi connectivity index (χ0n) is 11.2. The molecule has 0 aliphatic heterocycles. The molecule has 0 aromatic carbocycles. The molecule has 18 heavy (non-hydrogen) atoms. The van der Waals surface area contributed by atoms with Crippen LogP contribution >= 0.6 is 0 Å². The molecule has 0 rings (SSSR count). The Kier molecular flexibility index (Phi) is 6.15. The summed E-state index contributed by atoms with van der Waals surface area (Å²) in [6.45, 7) is 7.16. The number of carboxylic acid groups (broad SMARTS) is 1. The summed E-state index contributed by atoms with van der Waals surface area (Å²) in [4.78, 5) is 33.5. The second kappa shape index (κ2) is 6.83. The predicted molar refractivity (Wildman–Crippen MR) is 66.1 cm³/mol. The number of rotatable bonds is 5. The fraction of sp³-hybridized carbons (Fsp3) is 0.727. The van der Waals surface area contributed by atoms with Gasteiger partial charge in [-0.05, 0) is 12.3 Å². The van der Waals surface area contributed by atoms with Crippen molar-refractivity contribution in [1.29, 1.82) is 0 Å². The first kappa shape index (κ1) is 16.2. The number of urea groups is 1. The summed E-state index contributed by atoms with van der Waals surface area (Å²) in [6, 6.07) is -1.70. The van der Waals surface area contributed by atoms with Gasteiger partial charge in [0.25, 0.3) is 0 Å². The number of hydrogen-bond acceptors (Lipinski definition) is 3. The maximum atomic E-state index is 11.4. The molecule has 0 radical (unpaired) electrons. The fourth-order valence-corrected chi connectivity index (χ4v) is 1.25. The van der Waals surface area contributed by atoms with Gasteiger partial charge in [0.2, 0.25) is 5.91 Å². The second-order valence-corrected chi connectivity index (χ2v) is 4.92. The number of amides is 3. The first-order chi connectivity index (χ1) is 8.18. The molecule has 0 saturated heterocycles. The minimum absolute atomic E-state index is 0.184. The molecule has 0 spiro atoms. The van der Waals surface area contributed by atoms with E-state index in [1.54, 1.807) is 27.7 Å². The van der Waals surface area contributed by atoms with Crippen molar-refractivity contribution in [2.75, 3.05) is 13.1 Å². The van der Waals surface area contributed by atoms with Crippen molar-refractivity contribution >= 4 is 17.9 Å². The molecule has 4 N–H and O–H groups in total. The van der Waals surface area contributed by atoms with Gasteiger partial charge in [0.05, 0.1) is 6.54 Å². The van der Waals surface area contributed by atoms with E-state index in [9.17, 15) is 14.4 Å². The lowest BCUT2D eigenvalue weighted by Crippen LogP contribution is -2.53. The summed E-state index contributed by atoms with van der Waals surface area (Å²) >= 11 is 0. The Bertz CT molecular complexity index is 323. The normalized spacial score (nSPS) is 12.4. The van der Waals surface area contributed by atoms with Crippen LogP contribution in [0, 0.1) is 5.41 Å². The maximum absolute atomic E-state index is 11.4. The van der Waals surface area contributed by atoms with Crippen LogP contribution in [0.3, 0.4) is 0 Å². The Balaban J connectivity index is 4.28. The van der Waals surface area contributed by atoms with Crippen LogP contribution < -0.4 is 16.0 Å². The van der Waals surface area contributed by atoms with Crippen molar-refractivity contribution in [3.63, 3.8) is 0 Å². The molecule has 0 unspecified atom stereocenters. The van der Waals surface area contributed by atoms with E-state index in [1.807, 2.05) is 0 Å². The molecule has 1 atom stereocenters. The summed E-state index contributed by atoms with van der Waals surface area (Å²) in [5.41, 5.74) is -0.616. The van der Waals surface area contributed by atoms with Gasteiger partial charge in [0.1, 0.15) is 6.04 Å². The van der Waals surface area contributed by atoms with Crippen LogP contribution in [0.4, 0.5) is 4.79 Å². The largest absolute Gasteiger partial charge is 0.480 e. The molecule has 104 valence electrons. The van der Waals surface area contributed by atoms with Crippen molar-refractivity contribution in [2.24, 2.45) is 5.41 Å². The lowest BCUT2D eigenvalue weighted by Gasteiger charge is -2.27. The van der Waals surface area contributed by atoms with Gasteiger partial charge in [0, 0.05) is 6.54 Å². The molecule has 0 saturated carbocycles. The molecule has 0 aliphatic rings. The second-order valence-electron chi connectivity index (χ2n) is 4.92.